The van der Waals surface area contributed by atoms with E-state index in [4.69, 9.17) is 16.4 Å². The third kappa shape index (κ3) is 2.43. The Morgan fingerprint density at radius 3 is 3.00 bits per heavy atom. The number of rotatable bonds is 1. The molecule has 0 aromatic carbocycles. The maximum absolute atomic E-state index is 11.8. The Labute approximate surface area is 92.0 Å². The van der Waals surface area contributed by atoms with Gasteiger partial charge in [0.15, 0.2) is 5.69 Å². The summed E-state index contributed by atoms with van der Waals surface area (Å²) < 4.78 is 0. The fourth-order valence-corrected chi connectivity index (χ4v) is 1.48. The van der Waals surface area contributed by atoms with Gasteiger partial charge in [-0.25, -0.2) is 10.0 Å². The van der Waals surface area contributed by atoms with Crippen LogP contribution < -0.4 is 0 Å². The molecular weight excluding hydrogens is 218 g/mol. The van der Waals surface area contributed by atoms with Gasteiger partial charge in [-0.3, -0.25) is 14.6 Å². The normalized spacial score (nSPS) is 16.5. The number of carbonyl (C=O) groups is 1. The molecule has 0 bridgehead atoms. The summed E-state index contributed by atoms with van der Waals surface area (Å²) in [6.07, 6.45) is 4.69. The molecule has 1 aliphatic heterocycles. The molecule has 1 aromatic rings. The van der Waals surface area contributed by atoms with Crippen LogP contribution in [0.3, 0.4) is 0 Å². The van der Waals surface area contributed by atoms with Crippen LogP contribution in [0.4, 0.5) is 0 Å². The SMILES string of the molecule is O=C(c1cncc(Cl)n1)N1CCCCO1. The monoisotopic (exact) mass is 227 g/mol. The van der Waals surface area contributed by atoms with Crippen molar-refractivity contribution in [2.75, 3.05) is 13.2 Å². The molecule has 0 unspecified atom stereocenters. The summed E-state index contributed by atoms with van der Waals surface area (Å²) in [6.45, 7) is 1.16. The van der Waals surface area contributed by atoms with E-state index in [9.17, 15) is 4.79 Å². The molecule has 2 rings (SSSR count). The van der Waals surface area contributed by atoms with Gasteiger partial charge < -0.3 is 0 Å². The summed E-state index contributed by atoms with van der Waals surface area (Å²) in [5.74, 6) is -0.287. The van der Waals surface area contributed by atoms with Crippen molar-refractivity contribution in [2.24, 2.45) is 0 Å². The van der Waals surface area contributed by atoms with Gasteiger partial charge in [0, 0.05) is 6.54 Å². The maximum Gasteiger partial charge on any atom is 0.297 e. The smallest absolute Gasteiger partial charge is 0.271 e. The van der Waals surface area contributed by atoms with Crippen LogP contribution >= 0.6 is 11.6 Å². The molecule has 2 heterocycles. The number of hydroxylamine groups is 2. The van der Waals surface area contributed by atoms with Crippen molar-refractivity contribution in [1.82, 2.24) is 15.0 Å². The summed E-state index contributed by atoms with van der Waals surface area (Å²) in [5.41, 5.74) is 0.212. The van der Waals surface area contributed by atoms with Crippen molar-refractivity contribution in [2.45, 2.75) is 12.8 Å². The number of amides is 1. The van der Waals surface area contributed by atoms with Crippen LogP contribution in [0.2, 0.25) is 5.15 Å². The van der Waals surface area contributed by atoms with Crippen LogP contribution in [-0.4, -0.2) is 34.1 Å². The number of hydrogen-bond donors (Lipinski definition) is 0. The third-order valence-electron chi connectivity index (χ3n) is 2.05. The number of aromatic nitrogens is 2. The Morgan fingerprint density at radius 2 is 2.33 bits per heavy atom. The maximum atomic E-state index is 11.8. The molecule has 0 N–H and O–H groups in total. The van der Waals surface area contributed by atoms with E-state index < -0.39 is 0 Å². The molecule has 0 spiro atoms. The summed E-state index contributed by atoms with van der Waals surface area (Å²) in [4.78, 5) is 24.7. The molecule has 0 saturated carbocycles. The third-order valence-corrected chi connectivity index (χ3v) is 2.24. The van der Waals surface area contributed by atoms with Gasteiger partial charge >= 0.3 is 0 Å². The van der Waals surface area contributed by atoms with E-state index in [1.54, 1.807) is 0 Å². The molecule has 1 amide bonds. The van der Waals surface area contributed by atoms with Crippen molar-refractivity contribution < 1.29 is 9.63 Å². The lowest BCUT2D eigenvalue weighted by Crippen LogP contribution is -2.36. The lowest BCUT2D eigenvalue weighted by molar-refractivity contribution is -0.144. The van der Waals surface area contributed by atoms with Crippen molar-refractivity contribution in [3.05, 3.63) is 23.2 Å². The molecule has 0 aliphatic carbocycles. The van der Waals surface area contributed by atoms with Crippen LogP contribution in [0, 0.1) is 0 Å². The summed E-state index contributed by atoms with van der Waals surface area (Å²) >= 11 is 5.64. The molecule has 0 atom stereocenters. The number of carbonyl (C=O) groups excluding carboxylic acids is 1. The summed E-state index contributed by atoms with van der Waals surface area (Å²) in [5, 5.41) is 1.52. The lowest BCUT2D eigenvalue weighted by atomic mass is 10.3. The van der Waals surface area contributed by atoms with Crippen LogP contribution in [0.1, 0.15) is 23.3 Å². The number of halogens is 1. The Balaban J connectivity index is 2.12. The zero-order chi connectivity index (χ0) is 10.7. The standard InChI is InChI=1S/C9H10ClN3O2/c10-8-6-11-5-7(12-8)9(14)13-3-1-2-4-15-13/h5-6H,1-4H2. The molecule has 80 valence electrons. The van der Waals surface area contributed by atoms with Gasteiger partial charge in [-0.15, -0.1) is 0 Å². The fourth-order valence-electron chi connectivity index (χ4n) is 1.33. The van der Waals surface area contributed by atoms with Gasteiger partial charge in [0.1, 0.15) is 5.15 Å². The quantitative estimate of drug-likeness (QED) is 0.726. The first-order valence-corrected chi connectivity index (χ1v) is 5.07. The Bertz CT molecular complexity index is 366. The van der Waals surface area contributed by atoms with E-state index in [0.717, 1.165) is 12.8 Å². The molecule has 5 nitrogen and oxygen atoms in total. The molecule has 1 aromatic heterocycles. The second-order valence-corrected chi connectivity index (χ2v) is 3.56. The van der Waals surface area contributed by atoms with Crippen molar-refractivity contribution in [1.29, 1.82) is 0 Å². The van der Waals surface area contributed by atoms with E-state index in [2.05, 4.69) is 9.97 Å². The van der Waals surface area contributed by atoms with Gasteiger partial charge in [-0.2, -0.15) is 0 Å². The average molecular weight is 228 g/mol. The molecule has 6 heteroatoms. The Hall–Kier alpha value is -1.20. The topological polar surface area (TPSA) is 55.3 Å². The highest BCUT2D eigenvalue weighted by molar-refractivity contribution is 6.29. The highest BCUT2D eigenvalue weighted by atomic mass is 35.5. The van der Waals surface area contributed by atoms with E-state index >= 15 is 0 Å². The molecular formula is C9H10ClN3O2. The highest BCUT2D eigenvalue weighted by Crippen LogP contribution is 2.11. The van der Waals surface area contributed by atoms with E-state index in [0.29, 0.717) is 13.2 Å². The molecule has 15 heavy (non-hydrogen) atoms. The minimum atomic E-state index is -0.287. The minimum Gasteiger partial charge on any atom is -0.271 e. The minimum absolute atomic E-state index is 0.206. The zero-order valence-electron chi connectivity index (χ0n) is 8.02. The second-order valence-electron chi connectivity index (χ2n) is 3.17. The first kappa shape index (κ1) is 10.3. The summed E-state index contributed by atoms with van der Waals surface area (Å²) in [6, 6.07) is 0. The van der Waals surface area contributed by atoms with Crippen LogP contribution in [0.25, 0.3) is 0 Å². The van der Waals surface area contributed by atoms with E-state index in [1.807, 2.05) is 0 Å². The molecule has 1 saturated heterocycles. The average Bonchev–Trinajstić information content (AvgIpc) is 2.29. The van der Waals surface area contributed by atoms with Gasteiger partial charge in [-0.05, 0) is 12.8 Å². The van der Waals surface area contributed by atoms with Crippen molar-refractivity contribution >= 4 is 17.5 Å². The Morgan fingerprint density at radius 1 is 1.47 bits per heavy atom. The highest BCUT2D eigenvalue weighted by Gasteiger charge is 2.20. The van der Waals surface area contributed by atoms with Crippen LogP contribution in [0.5, 0.6) is 0 Å². The predicted molar refractivity (Wildman–Crippen MR) is 53.3 cm³/mol. The van der Waals surface area contributed by atoms with Gasteiger partial charge in [0.05, 0.1) is 19.0 Å². The van der Waals surface area contributed by atoms with Crippen LogP contribution in [0.15, 0.2) is 12.4 Å². The number of nitrogens with zero attached hydrogens (tertiary/aromatic N) is 3. The molecule has 1 fully saturated rings. The largest absolute Gasteiger partial charge is 0.297 e. The van der Waals surface area contributed by atoms with Crippen LogP contribution in [-0.2, 0) is 4.84 Å². The first-order valence-electron chi connectivity index (χ1n) is 4.70. The Kier molecular flexibility index (Phi) is 3.13. The van der Waals surface area contributed by atoms with Crippen molar-refractivity contribution in [3.8, 4) is 0 Å². The summed E-state index contributed by atoms with van der Waals surface area (Å²) in [7, 11) is 0. The van der Waals surface area contributed by atoms with Gasteiger partial charge in [0.25, 0.3) is 5.91 Å². The molecule has 0 radical (unpaired) electrons. The number of hydrogen-bond acceptors (Lipinski definition) is 4. The van der Waals surface area contributed by atoms with Crippen molar-refractivity contribution in [3.63, 3.8) is 0 Å². The first-order chi connectivity index (χ1) is 7.27. The fraction of sp³-hybridized carbons (Fsp3) is 0.444. The molecule has 1 aliphatic rings. The predicted octanol–water partition coefficient (Wildman–Crippen LogP) is 1.30. The van der Waals surface area contributed by atoms with E-state index in [1.165, 1.54) is 17.5 Å². The van der Waals surface area contributed by atoms with E-state index in [-0.39, 0.29) is 16.8 Å². The zero-order valence-corrected chi connectivity index (χ0v) is 8.78. The van der Waals surface area contributed by atoms with Gasteiger partial charge in [0.2, 0.25) is 0 Å². The van der Waals surface area contributed by atoms with Gasteiger partial charge in [-0.1, -0.05) is 11.6 Å². The second kappa shape index (κ2) is 4.55. The lowest BCUT2D eigenvalue weighted by Gasteiger charge is -2.25.